The number of halogens is 2. The van der Waals surface area contributed by atoms with Crippen LogP contribution in [0.15, 0.2) is 18.2 Å². The number of alkyl halides is 2. The molecule has 1 aliphatic heterocycles. The molecular formula is C12H13F2N3O4. The van der Waals surface area contributed by atoms with Crippen molar-refractivity contribution in [1.29, 1.82) is 0 Å². The van der Waals surface area contributed by atoms with Crippen LogP contribution in [0.5, 0.6) is 0 Å². The summed E-state index contributed by atoms with van der Waals surface area (Å²) in [5, 5.41) is 19.7. The molecule has 3 N–H and O–H groups in total. The summed E-state index contributed by atoms with van der Waals surface area (Å²) in [6.07, 6.45) is -2.79. The predicted octanol–water partition coefficient (Wildman–Crippen LogP) is 1.52. The first kappa shape index (κ1) is 15.1. The fraction of sp³-hybridized carbons (Fsp3) is 0.417. The lowest BCUT2D eigenvalue weighted by Crippen LogP contribution is -2.50. The van der Waals surface area contributed by atoms with Crippen LogP contribution in [0.4, 0.5) is 20.2 Å². The molecule has 1 heterocycles. The van der Waals surface area contributed by atoms with E-state index in [-0.39, 0.29) is 25.2 Å². The molecule has 0 spiro atoms. The number of nitrogens with two attached hydrogens (primary N) is 1. The molecule has 1 saturated heterocycles. The molecule has 1 atom stereocenters. The predicted molar refractivity (Wildman–Crippen MR) is 69.4 cm³/mol. The van der Waals surface area contributed by atoms with Crippen molar-refractivity contribution in [1.82, 2.24) is 0 Å². The van der Waals surface area contributed by atoms with Crippen molar-refractivity contribution in [3.8, 4) is 0 Å². The Hall–Kier alpha value is -2.29. The number of hydrogen-bond donors (Lipinski definition) is 2. The summed E-state index contributed by atoms with van der Waals surface area (Å²) < 4.78 is 26.2. The van der Waals surface area contributed by atoms with Gasteiger partial charge in [-0.05, 0) is 12.5 Å². The van der Waals surface area contributed by atoms with E-state index in [1.165, 1.54) is 11.0 Å². The van der Waals surface area contributed by atoms with Gasteiger partial charge in [0.15, 0.2) is 0 Å². The standard InChI is InChI=1S/C12H13F2N3O4/c13-10(14)8-5-7(17(20)21)1-2-9(8)16-4-3-12(15,6-16)11(18)19/h1-2,5,10H,3-4,6,15H2,(H,18,19). The van der Waals surface area contributed by atoms with Gasteiger partial charge in [0.2, 0.25) is 0 Å². The Morgan fingerprint density at radius 2 is 2.19 bits per heavy atom. The third kappa shape index (κ3) is 2.77. The number of nitrogens with zero attached hydrogens (tertiary/aromatic N) is 2. The van der Waals surface area contributed by atoms with Crippen LogP contribution in [0.2, 0.25) is 0 Å². The van der Waals surface area contributed by atoms with Crippen LogP contribution in [0.25, 0.3) is 0 Å². The highest BCUT2D eigenvalue weighted by molar-refractivity contribution is 5.81. The maximum atomic E-state index is 13.1. The molecule has 1 fully saturated rings. The first-order chi connectivity index (χ1) is 9.74. The fourth-order valence-electron chi connectivity index (χ4n) is 2.33. The van der Waals surface area contributed by atoms with Gasteiger partial charge in [0.25, 0.3) is 12.1 Å². The van der Waals surface area contributed by atoms with Crippen LogP contribution in [-0.4, -0.2) is 34.6 Å². The summed E-state index contributed by atoms with van der Waals surface area (Å²) >= 11 is 0. The lowest BCUT2D eigenvalue weighted by Gasteiger charge is -2.23. The van der Waals surface area contributed by atoms with E-state index in [0.717, 1.165) is 12.1 Å². The van der Waals surface area contributed by atoms with Gasteiger partial charge in [-0.25, -0.2) is 8.78 Å². The smallest absolute Gasteiger partial charge is 0.325 e. The average Bonchev–Trinajstić information content (AvgIpc) is 2.82. The molecule has 1 aromatic carbocycles. The van der Waals surface area contributed by atoms with Crippen LogP contribution in [-0.2, 0) is 4.79 Å². The Morgan fingerprint density at radius 3 is 2.67 bits per heavy atom. The number of hydrogen-bond acceptors (Lipinski definition) is 5. The molecule has 21 heavy (non-hydrogen) atoms. The van der Waals surface area contributed by atoms with Crippen LogP contribution in [0.1, 0.15) is 18.4 Å². The summed E-state index contributed by atoms with van der Waals surface area (Å²) in [5.74, 6) is -1.20. The summed E-state index contributed by atoms with van der Waals surface area (Å²) in [6, 6.07) is 3.11. The third-order valence-electron chi connectivity index (χ3n) is 3.52. The molecule has 1 aliphatic rings. The first-order valence-corrected chi connectivity index (χ1v) is 6.08. The van der Waals surface area contributed by atoms with Crippen molar-refractivity contribution < 1.29 is 23.6 Å². The largest absolute Gasteiger partial charge is 0.480 e. The van der Waals surface area contributed by atoms with E-state index in [2.05, 4.69) is 0 Å². The molecule has 114 valence electrons. The Bertz CT molecular complexity index is 596. The molecular weight excluding hydrogens is 288 g/mol. The monoisotopic (exact) mass is 301 g/mol. The zero-order valence-corrected chi connectivity index (χ0v) is 10.8. The van der Waals surface area contributed by atoms with Gasteiger partial charge in [0.05, 0.1) is 4.92 Å². The minimum atomic E-state index is -2.91. The van der Waals surface area contributed by atoms with Crippen molar-refractivity contribution in [2.45, 2.75) is 18.4 Å². The van der Waals surface area contributed by atoms with E-state index in [9.17, 15) is 23.7 Å². The van der Waals surface area contributed by atoms with Crippen LogP contribution >= 0.6 is 0 Å². The Labute approximate surface area is 118 Å². The van der Waals surface area contributed by atoms with Gasteiger partial charge in [0, 0.05) is 36.5 Å². The Balaban J connectivity index is 2.37. The van der Waals surface area contributed by atoms with E-state index < -0.39 is 34.1 Å². The van der Waals surface area contributed by atoms with E-state index >= 15 is 0 Å². The number of aliphatic carboxylic acids is 1. The van der Waals surface area contributed by atoms with E-state index in [1.54, 1.807) is 0 Å². The van der Waals surface area contributed by atoms with E-state index in [1.807, 2.05) is 0 Å². The number of nitro groups is 1. The molecule has 7 nitrogen and oxygen atoms in total. The van der Waals surface area contributed by atoms with Crippen LogP contribution in [0.3, 0.4) is 0 Å². The van der Waals surface area contributed by atoms with Gasteiger partial charge in [-0.2, -0.15) is 0 Å². The number of carboxylic acid groups (broad SMARTS) is 1. The van der Waals surface area contributed by atoms with Crippen molar-refractivity contribution in [3.63, 3.8) is 0 Å². The third-order valence-corrected chi connectivity index (χ3v) is 3.52. The van der Waals surface area contributed by atoms with Crippen molar-refractivity contribution in [2.75, 3.05) is 18.0 Å². The normalized spacial score (nSPS) is 21.8. The van der Waals surface area contributed by atoms with Crippen molar-refractivity contribution >= 4 is 17.3 Å². The number of anilines is 1. The zero-order valence-electron chi connectivity index (χ0n) is 10.8. The minimum Gasteiger partial charge on any atom is -0.480 e. The highest BCUT2D eigenvalue weighted by Gasteiger charge is 2.42. The van der Waals surface area contributed by atoms with Gasteiger partial charge >= 0.3 is 5.97 Å². The second-order valence-corrected chi connectivity index (χ2v) is 4.93. The van der Waals surface area contributed by atoms with Gasteiger partial charge in [-0.3, -0.25) is 14.9 Å². The van der Waals surface area contributed by atoms with Gasteiger partial charge in [0.1, 0.15) is 5.54 Å². The molecule has 0 radical (unpaired) electrons. The maximum absolute atomic E-state index is 13.1. The van der Waals surface area contributed by atoms with Crippen molar-refractivity contribution in [2.24, 2.45) is 5.73 Å². The lowest BCUT2D eigenvalue weighted by molar-refractivity contribution is -0.385. The molecule has 0 bridgehead atoms. The molecule has 0 amide bonds. The fourth-order valence-corrected chi connectivity index (χ4v) is 2.33. The molecule has 1 unspecified atom stereocenters. The summed E-state index contributed by atoms with van der Waals surface area (Å²) in [7, 11) is 0. The molecule has 0 aromatic heterocycles. The van der Waals surface area contributed by atoms with Crippen LogP contribution < -0.4 is 10.6 Å². The number of non-ortho nitro benzene ring substituents is 1. The summed E-state index contributed by atoms with van der Waals surface area (Å²) in [4.78, 5) is 22.4. The number of benzene rings is 1. The number of nitro benzene ring substituents is 1. The van der Waals surface area contributed by atoms with Gasteiger partial charge in [-0.1, -0.05) is 0 Å². The summed E-state index contributed by atoms with van der Waals surface area (Å²) in [6.45, 7) is 0.0696. The van der Waals surface area contributed by atoms with E-state index in [4.69, 9.17) is 10.8 Å². The second kappa shape index (κ2) is 5.24. The Kier molecular flexibility index (Phi) is 3.77. The highest BCUT2D eigenvalue weighted by Crippen LogP contribution is 2.36. The number of carbonyl (C=O) groups is 1. The quantitative estimate of drug-likeness (QED) is 0.644. The van der Waals surface area contributed by atoms with Gasteiger partial charge < -0.3 is 15.7 Å². The number of carboxylic acids is 1. The number of rotatable bonds is 4. The van der Waals surface area contributed by atoms with Gasteiger partial charge in [-0.15, -0.1) is 0 Å². The van der Waals surface area contributed by atoms with Crippen LogP contribution in [0, 0.1) is 10.1 Å². The highest BCUT2D eigenvalue weighted by atomic mass is 19.3. The second-order valence-electron chi connectivity index (χ2n) is 4.93. The van der Waals surface area contributed by atoms with Crippen molar-refractivity contribution in [3.05, 3.63) is 33.9 Å². The molecule has 9 heteroatoms. The summed E-state index contributed by atoms with van der Waals surface area (Å²) in [5.41, 5.74) is 3.33. The molecule has 2 rings (SSSR count). The lowest BCUT2D eigenvalue weighted by atomic mass is 10.0. The van der Waals surface area contributed by atoms with E-state index in [0.29, 0.717) is 0 Å². The maximum Gasteiger partial charge on any atom is 0.325 e. The average molecular weight is 301 g/mol. The Morgan fingerprint density at radius 1 is 1.52 bits per heavy atom. The molecule has 0 saturated carbocycles. The SMILES string of the molecule is NC1(C(=O)O)CCN(c2ccc([N+](=O)[O-])cc2C(F)F)C1. The first-order valence-electron chi connectivity index (χ1n) is 6.08. The minimum absolute atomic E-state index is 0.0733. The zero-order chi connectivity index (χ0) is 15.8. The molecule has 1 aromatic rings. The molecule has 0 aliphatic carbocycles. The topological polar surface area (TPSA) is 110 Å².